The third kappa shape index (κ3) is 6.03. The topological polar surface area (TPSA) is 44.9 Å². The highest BCUT2D eigenvalue weighted by Crippen LogP contribution is 2.39. The van der Waals surface area contributed by atoms with E-state index in [1.165, 1.54) is 38.7 Å². The lowest BCUT2D eigenvalue weighted by Gasteiger charge is -2.20. The second kappa shape index (κ2) is 12.7. The Kier molecular flexibility index (Phi) is 8.40. The predicted molar refractivity (Wildman–Crippen MR) is 204 cm³/mol. The van der Waals surface area contributed by atoms with E-state index in [1.54, 1.807) is 0 Å². The average molecular weight is 647 g/mol. The van der Waals surface area contributed by atoms with Crippen LogP contribution in [0.1, 0.15) is 82.0 Å². The van der Waals surface area contributed by atoms with Crippen LogP contribution in [0, 0.1) is 13.8 Å². The normalized spacial score (nSPS) is 12.6. The van der Waals surface area contributed by atoms with Crippen molar-refractivity contribution >= 4 is 21.8 Å². The van der Waals surface area contributed by atoms with Gasteiger partial charge in [0.15, 0.2) is 0 Å². The van der Waals surface area contributed by atoms with Gasteiger partial charge in [0.2, 0.25) is 0 Å². The number of pyridine rings is 1. The highest BCUT2D eigenvalue weighted by molar-refractivity contribution is 6.09. The van der Waals surface area contributed by atoms with Crippen LogP contribution in [0.15, 0.2) is 103 Å². The molecule has 0 fully saturated rings. The molecule has 0 spiro atoms. The maximum absolute atomic E-state index is 6.71. The van der Waals surface area contributed by atoms with Crippen LogP contribution in [-0.4, -0.2) is 19.3 Å². The number of benzene rings is 4. The van der Waals surface area contributed by atoms with E-state index in [4.69, 9.17) is 14.8 Å². The molecule has 0 saturated heterocycles. The van der Waals surface area contributed by atoms with Crippen molar-refractivity contribution in [2.45, 2.75) is 79.6 Å². The molecular weight excluding hydrogens is 601 g/mol. The molecule has 248 valence electrons. The van der Waals surface area contributed by atoms with Crippen molar-refractivity contribution in [1.82, 2.24) is 19.3 Å². The van der Waals surface area contributed by atoms with Crippen LogP contribution in [0.25, 0.3) is 44.4 Å². The Morgan fingerprint density at radius 3 is 2.31 bits per heavy atom. The van der Waals surface area contributed by atoms with Crippen molar-refractivity contribution in [2.24, 2.45) is 0 Å². The smallest absolute Gasteiger partial charge is 0.137 e. The highest BCUT2D eigenvalue weighted by atomic mass is 16.5. The fourth-order valence-electron chi connectivity index (χ4n) is 6.98. The van der Waals surface area contributed by atoms with Crippen LogP contribution in [0.3, 0.4) is 0 Å². The minimum absolute atomic E-state index is 0.00669. The van der Waals surface area contributed by atoms with Gasteiger partial charge in [0.05, 0.1) is 28.1 Å². The summed E-state index contributed by atoms with van der Waals surface area (Å²) in [6, 6.07) is 34.6. The number of nitrogens with zero attached hydrogens (tertiary/aromatic N) is 4. The predicted octanol–water partition coefficient (Wildman–Crippen LogP) is 11.8. The molecule has 4 aromatic carbocycles. The van der Waals surface area contributed by atoms with E-state index >= 15 is 0 Å². The maximum atomic E-state index is 6.71. The SMILES string of the molecule is CCc1ccc2c(c1)c1ccc(Oc3cc(C)cc(-n4nc(C)c(-c5ccccc5)c4C(C)CC)c3)cc1n2-c1cc(C(C)(C)C)ccn1. The third-order valence-electron chi connectivity index (χ3n) is 9.80. The number of ether oxygens (including phenoxy) is 1. The second-order valence-electron chi connectivity index (χ2n) is 14.4. The summed E-state index contributed by atoms with van der Waals surface area (Å²) in [6.45, 7) is 17.7. The van der Waals surface area contributed by atoms with Gasteiger partial charge in [-0.15, -0.1) is 0 Å². The van der Waals surface area contributed by atoms with Crippen LogP contribution < -0.4 is 4.74 Å². The Bertz CT molecular complexity index is 2300. The number of aryl methyl sites for hydroxylation is 3. The van der Waals surface area contributed by atoms with Crippen molar-refractivity contribution in [1.29, 1.82) is 0 Å². The average Bonchev–Trinajstić information content (AvgIpc) is 3.61. The Hall–Kier alpha value is -5.16. The molecule has 0 radical (unpaired) electrons. The van der Waals surface area contributed by atoms with Crippen LogP contribution >= 0.6 is 0 Å². The van der Waals surface area contributed by atoms with Crippen molar-refractivity contribution < 1.29 is 4.74 Å². The molecule has 0 saturated carbocycles. The zero-order valence-corrected chi connectivity index (χ0v) is 30.0. The van der Waals surface area contributed by atoms with E-state index < -0.39 is 0 Å². The summed E-state index contributed by atoms with van der Waals surface area (Å²) in [5.74, 6) is 2.79. The van der Waals surface area contributed by atoms with Gasteiger partial charge in [-0.3, -0.25) is 4.57 Å². The Balaban J connectivity index is 1.35. The molecule has 0 aliphatic carbocycles. The number of rotatable bonds is 8. The number of aromatic nitrogens is 4. The van der Waals surface area contributed by atoms with Crippen molar-refractivity contribution in [3.05, 3.63) is 131 Å². The molecule has 5 heteroatoms. The van der Waals surface area contributed by atoms with Gasteiger partial charge in [0.25, 0.3) is 0 Å². The van der Waals surface area contributed by atoms with E-state index in [0.29, 0.717) is 5.92 Å². The van der Waals surface area contributed by atoms with Crippen LogP contribution in [0.5, 0.6) is 11.5 Å². The van der Waals surface area contributed by atoms with Crippen LogP contribution in [0.2, 0.25) is 0 Å². The Morgan fingerprint density at radius 2 is 1.57 bits per heavy atom. The highest BCUT2D eigenvalue weighted by Gasteiger charge is 2.23. The Morgan fingerprint density at radius 1 is 0.776 bits per heavy atom. The van der Waals surface area contributed by atoms with E-state index in [2.05, 4.69) is 162 Å². The summed E-state index contributed by atoms with van der Waals surface area (Å²) in [4.78, 5) is 4.88. The van der Waals surface area contributed by atoms with Crippen LogP contribution in [0.4, 0.5) is 0 Å². The van der Waals surface area contributed by atoms with Crippen molar-refractivity contribution in [3.63, 3.8) is 0 Å². The summed E-state index contributed by atoms with van der Waals surface area (Å²) in [5, 5.41) is 7.52. The fourth-order valence-corrected chi connectivity index (χ4v) is 6.98. The maximum Gasteiger partial charge on any atom is 0.137 e. The first-order valence-corrected chi connectivity index (χ1v) is 17.5. The molecule has 1 unspecified atom stereocenters. The van der Waals surface area contributed by atoms with E-state index in [9.17, 15) is 0 Å². The first-order chi connectivity index (χ1) is 23.5. The van der Waals surface area contributed by atoms with Crippen molar-refractivity contribution in [2.75, 3.05) is 0 Å². The zero-order valence-electron chi connectivity index (χ0n) is 30.0. The molecule has 0 bridgehead atoms. The van der Waals surface area contributed by atoms with E-state index in [1.807, 2.05) is 6.20 Å². The van der Waals surface area contributed by atoms with E-state index in [-0.39, 0.29) is 5.41 Å². The minimum Gasteiger partial charge on any atom is -0.457 e. The van der Waals surface area contributed by atoms with Gasteiger partial charge < -0.3 is 4.74 Å². The van der Waals surface area contributed by atoms with Gasteiger partial charge in [-0.05, 0) is 109 Å². The first-order valence-electron chi connectivity index (χ1n) is 17.5. The molecule has 3 heterocycles. The molecule has 3 aromatic heterocycles. The quantitative estimate of drug-likeness (QED) is 0.165. The third-order valence-corrected chi connectivity index (χ3v) is 9.80. The van der Waals surface area contributed by atoms with Gasteiger partial charge >= 0.3 is 0 Å². The van der Waals surface area contributed by atoms with E-state index in [0.717, 1.165) is 58.1 Å². The van der Waals surface area contributed by atoms with Crippen LogP contribution in [-0.2, 0) is 11.8 Å². The summed E-state index contributed by atoms with van der Waals surface area (Å²) < 4.78 is 11.1. The summed E-state index contributed by atoms with van der Waals surface area (Å²) >= 11 is 0. The van der Waals surface area contributed by atoms with Gasteiger partial charge in [0.1, 0.15) is 17.3 Å². The lowest BCUT2D eigenvalue weighted by atomic mass is 9.88. The summed E-state index contributed by atoms with van der Waals surface area (Å²) in [5.41, 5.74) is 11.6. The van der Waals surface area contributed by atoms with Crippen molar-refractivity contribution in [3.8, 4) is 34.1 Å². The largest absolute Gasteiger partial charge is 0.457 e. The fraction of sp³-hybridized carbons (Fsp3) is 0.273. The lowest BCUT2D eigenvalue weighted by Crippen LogP contribution is -2.12. The molecule has 1 atom stereocenters. The monoisotopic (exact) mass is 646 g/mol. The molecule has 0 amide bonds. The van der Waals surface area contributed by atoms with Gasteiger partial charge in [-0.25, -0.2) is 9.67 Å². The molecule has 0 aliphatic heterocycles. The minimum atomic E-state index is 0.00669. The first kappa shape index (κ1) is 32.4. The molecular formula is C44H46N4O. The number of hydrogen-bond donors (Lipinski definition) is 0. The molecule has 5 nitrogen and oxygen atoms in total. The second-order valence-corrected chi connectivity index (χ2v) is 14.4. The zero-order chi connectivity index (χ0) is 34.4. The standard InChI is InChI=1S/C44H46N4O/c1-9-29(4)43-42(32-14-12-11-13-15-32)30(5)46-48(43)34-22-28(3)23-36(26-34)49-35-17-18-37-38-24-31(10-2)16-19-39(38)47(40(37)27-35)41-25-33(20-21-45-41)44(6,7)8/h11-27,29H,9-10H2,1-8H3. The Labute approximate surface area is 290 Å². The molecule has 7 rings (SSSR count). The molecule has 0 N–H and O–H groups in total. The molecule has 0 aliphatic rings. The van der Waals surface area contributed by atoms with Gasteiger partial charge in [0, 0.05) is 34.7 Å². The van der Waals surface area contributed by atoms with Gasteiger partial charge in [-0.2, -0.15) is 5.10 Å². The molecule has 49 heavy (non-hydrogen) atoms. The number of fused-ring (bicyclic) bond motifs is 3. The summed E-state index contributed by atoms with van der Waals surface area (Å²) in [7, 11) is 0. The van der Waals surface area contributed by atoms with Gasteiger partial charge in [-0.1, -0.05) is 77.9 Å². The number of hydrogen-bond acceptors (Lipinski definition) is 3. The summed E-state index contributed by atoms with van der Waals surface area (Å²) in [6.07, 6.45) is 3.93. The molecule has 7 aromatic rings. The lowest BCUT2D eigenvalue weighted by molar-refractivity contribution is 0.482.